The number of hydrogen-bond acceptors (Lipinski definition) is 2. The van der Waals surface area contributed by atoms with E-state index < -0.39 is 0 Å². The van der Waals surface area contributed by atoms with Gasteiger partial charge in [0, 0.05) is 29.2 Å². The van der Waals surface area contributed by atoms with Crippen molar-refractivity contribution in [1.82, 2.24) is 10.2 Å². The minimum Gasteiger partial charge on any atom is -0.309 e. The molecular formula is C12H16Cl2N2. The number of nitrogens with zero attached hydrogens (tertiary/aromatic N) is 1. The lowest BCUT2D eigenvalue weighted by Gasteiger charge is -2.17. The van der Waals surface area contributed by atoms with E-state index in [2.05, 4.69) is 17.3 Å². The van der Waals surface area contributed by atoms with Crippen molar-refractivity contribution < 1.29 is 0 Å². The van der Waals surface area contributed by atoms with Gasteiger partial charge < -0.3 is 10.2 Å². The summed E-state index contributed by atoms with van der Waals surface area (Å²) in [6.45, 7) is 3.18. The topological polar surface area (TPSA) is 15.3 Å². The maximum atomic E-state index is 6.21. The van der Waals surface area contributed by atoms with E-state index in [1.807, 2.05) is 18.2 Å². The molecular weight excluding hydrogens is 243 g/mol. The lowest BCUT2D eigenvalue weighted by atomic mass is 10.0. The zero-order chi connectivity index (χ0) is 11.5. The second-order valence-electron chi connectivity index (χ2n) is 4.26. The molecule has 0 bridgehead atoms. The van der Waals surface area contributed by atoms with Crippen molar-refractivity contribution in [1.29, 1.82) is 0 Å². The first-order chi connectivity index (χ1) is 7.66. The minimum atomic E-state index is 0.342. The number of rotatable bonds is 1. The third kappa shape index (κ3) is 2.89. The molecule has 0 aromatic heterocycles. The second-order valence-corrected chi connectivity index (χ2v) is 5.11. The van der Waals surface area contributed by atoms with Gasteiger partial charge in [-0.1, -0.05) is 29.3 Å². The second kappa shape index (κ2) is 5.37. The van der Waals surface area contributed by atoms with Crippen LogP contribution in [0.15, 0.2) is 18.2 Å². The van der Waals surface area contributed by atoms with Gasteiger partial charge in [0.25, 0.3) is 0 Å². The number of hydrogen-bond donors (Lipinski definition) is 1. The zero-order valence-corrected chi connectivity index (χ0v) is 10.9. The summed E-state index contributed by atoms with van der Waals surface area (Å²) in [5, 5.41) is 4.97. The molecule has 0 radical (unpaired) electrons. The predicted octanol–water partition coefficient (Wildman–Crippen LogP) is 2.96. The fraction of sp³-hybridized carbons (Fsp3) is 0.500. The molecule has 2 nitrogen and oxygen atoms in total. The minimum absolute atomic E-state index is 0.342. The third-order valence-electron chi connectivity index (χ3n) is 3.02. The summed E-state index contributed by atoms with van der Waals surface area (Å²) in [5.74, 6) is 0. The first-order valence-corrected chi connectivity index (χ1v) is 6.29. The van der Waals surface area contributed by atoms with Gasteiger partial charge in [0.15, 0.2) is 0 Å². The Labute approximate surface area is 107 Å². The van der Waals surface area contributed by atoms with Gasteiger partial charge in [0.05, 0.1) is 0 Å². The SMILES string of the molecule is CN1CCNC(c2ccc(Cl)cc2Cl)CC1. The van der Waals surface area contributed by atoms with Crippen molar-refractivity contribution in [3.8, 4) is 0 Å². The molecule has 16 heavy (non-hydrogen) atoms. The van der Waals surface area contributed by atoms with Crippen LogP contribution in [0.5, 0.6) is 0 Å². The van der Waals surface area contributed by atoms with Gasteiger partial charge in [-0.05, 0) is 37.7 Å². The van der Waals surface area contributed by atoms with Gasteiger partial charge in [-0.15, -0.1) is 0 Å². The van der Waals surface area contributed by atoms with Crippen LogP contribution in [0.4, 0.5) is 0 Å². The highest BCUT2D eigenvalue weighted by atomic mass is 35.5. The average molecular weight is 259 g/mol. The predicted molar refractivity (Wildman–Crippen MR) is 69.3 cm³/mol. The summed E-state index contributed by atoms with van der Waals surface area (Å²) in [5.41, 5.74) is 1.15. The first kappa shape index (κ1) is 12.2. The van der Waals surface area contributed by atoms with Crippen LogP contribution < -0.4 is 5.32 Å². The van der Waals surface area contributed by atoms with Gasteiger partial charge in [-0.3, -0.25) is 0 Å². The number of nitrogens with one attached hydrogen (secondary N) is 1. The van der Waals surface area contributed by atoms with Crippen molar-refractivity contribution in [2.24, 2.45) is 0 Å². The van der Waals surface area contributed by atoms with Crippen molar-refractivity contribution in [2.75, 3.05) is 26.7 Å². The molecule has 0 spiro atoms. The molecule has 0 aliphatic carbocycles. The van der Waals surface area contributed by atoms with Crippen molar-refractivity contribution in [3.05, 3.63) is 33.8 Å². The van der Waals surface area contributed by atoms with E-state index in [4.69, 9.17) is 23.2 Å². The molecule has 2 rings (SSSR count). The Kier molecular flexibility index (Phi) is 4.09. The van der Waals surface area contributed by atoms with Crippen LogP contribution in [0, 0.1) is 0 Å². The molecule has 1 unspecified atom stereocenters. The van der Waals surface area contributed by atoms with Crippen LogP contribution in [0.25, 0.3) is 0 Å². The van der Waals surface area contributed by atoms with E-state index in [1.165, 1.54) is 0 Å². The molecule has 88 valence electrons. The highest BCUT2D eigenvalue weighted by molar-refractivity contribution is 6.35. The Morgan fingerprint density at radius 3 is 2.88 bits per heavy atom. The molecule has 1 aliphatic rings. The summed E-state index contributed by atoms with van der Waals surface area (Å²) in [6, 6.07) is 6.08. The van der Waals surface area contributed by atoms with Gasteiger partial charge >= 0.3 is 0 Å². The number of benzene rings is 1. The average Bonchev–Trinajstić information content (AvgIpc) is 2.43. The molecule has 1 fully saturated rings. The molecule has 1 aliphatic heterocycles. The van der Waals surface area contributed by atoms with E-state index in [9.17, 15) is 0 Å². The van der Waals surface area contributed by atoms with Gasteiger partial charge in [0.1, 0.15) is 0 Å². The highest BCUT2D eigenvalue weighted by Crippen LogP contribution is 2.28. The number of likely N-dealkylation sites (N-methyl/N-ethyl adjacent to an activating group) is 1. The quantitative estimate of drug-likeness (QED) is 0.834. The van der Waals surface area contributed by atoms with Gasteiger partial charge in [0.2, 0.25) is 0 Å². The Hall–Kier alpha value is -0.280. The third-order valence-corrected chi connectivity index (χ3v) is 3.58. The summed E-state index contributed by atoms with van der Waals surface area (Å²) >= 11 is 12.1. The molecule has 0 saturated carbocycles. The summed E-state index contributed by atoms with van der Waals surface area (Å²) in [6.07, 6.45) is 1.08. The molecule has 0 amide bonds. The summed E-state index contributed by atoms with van der Waals surface area (Å²) in [4.78, 5) is 2.33. The molecule has 1 aromatic carbocycles. The number of halogens is 2. The van der Waals surface area contributed by atoms with E-state index >= 15 is 0 Å². The smallest absolute Gasteiger partial charge is 0.0468 e. The van der Waals surface area contributed by atoms with Crippen molar-refractivity contribution in [3.63, 3.8) is 0 Å². The zero-order valence-electron chi connectivity index (χ0n) is 9.34. The maximum absolute atomic E-state index is 6.21. The Balaban J connectivity index is 2.16. The van der Waals surface area contributed by atoms with Crippen LogP contribution in [0.3, 0.4) is 0 Å². The lowest BCUT2D eigenvalue weighted by molar-refractivity contribution is 0.355. The van der Waals surface area contributed by atoms with Crippen LogP contribution >= 0.6 is 23.2 Å². The Morgan fingerprint density at radius 1 is 1.31 bits per heavy atom. The molecule has 4 heteroatoms. The Morgan fingerprint density at radius 2 is 2.12 bits per heavy atom. The van der Waals surface area contributed by atoms with Gasteiger partial charge in [-0.2, -0.15) is 0 Å². The maximum Gasteiger partial charge on any atom is 0.0468 e. The molecule has 1 heterocycles. The standard InChI is InChI=1S/C12H16Cl2N2/c1-16-6-4-12(15-5-7-16)10-3-2-9(13)8-11(10)14/h2-3,8,12,15H,4-7H2,1H3. The summed E-state index contributed by atoms with van der Waals surface area (Å²) in [7, 11) is 2.15. The van der Waals surface area contributed by atoms with E-state index in [0.29, 0.717) is 11.1 Å². The Bertz CT molecular complexity index is 368. The molecule has 1 N–H and O–H groups in total. The van der Waals surface area contributed by atoms with E-state index in [1.54, 1.807) is 0 Å². The highest BCUT2D eigenvalue weighted by Gasteiger charge is 2.17. The normalized spacial score (nSPS) is 23.1. The van der Waals surface area contributed by atoms with Crippen LogP contribution in [-0.4, -0.2) is 31.6 Å². The van der Waals surface area contributed by atoms with Crippen LogP contribution in [-0.2, 0) is 0 Å². The van der Waals surface area contributed by atoms with Crippen LogP contribution in [0.2, 0.25) is 10.0 Å². The van der Waals surface area contributed by atoms with Crippen molar-refractivity contribution in [2.45, 2.75) is 12.5 Å². The fourth-order valence-corrected chi connectivity index (χ4v) is 2.58. The molecule has 1 aromatic rings. The van der Waals surface area contributed by atoms with Crippen LogP contribution in [0.1, 0.15) is 18.0 Å². The van der Waals surface area contributed by atoms with Gasteiger partial charge in [-0.25, -0.2) is 0 Å². The van der Waals surface area contributed by atoms with Crippen molar-refractivity contribution >= 4 is 23.2 Å². The summed E-state index contributed by atoms with van der Waals surface area (Å²) < 4.78 is 0. The largest absolute Gasteiger partial charge is 0.309 e. The molecule has 1 saturated heterocycles. The van der Waals surface area contributed by atoms with E-state index in [-0.39, 0.29) is 0 Å². The first-order valence-electron chi connectivity index (χ1n) is 5.53. The molecule has 1 atom stereocenters. The monoisotopic (exact) mass is 258 g/mol. The fourth-order valence-electron chi connectivity index (χ4n) is 2.04. The van der Waals surface area contributed by atoms with E-state index in [0.717, 1.165) is 36.6 Å². The lowest BCUT2D eigenvalue weighted by Crippen LogP contribution is -2.25.